The third-order valence-corrected chi connectivity index (χ3v) is 5.22. The van der Waals surface area contributed by atoms with Crippen LogP contribution in [-0.4, -0.2) is 30.4 Å². The topological polar surface area (TPSA) is 46.3 Å². The molecule has 18 heavy (non-hydrogen) atoms. The molecule has 0 aromatic rings. The number of piperidine rings is 1. The molecule has 0 spiro atoms. The van der Waals surface area contributed by atoms with Gasteiger partial charge < -0.3 is 10.6 Å². The highest BCUT2D eigenvalue weighted by molar-refractivity contribution is 5.85. The van der Waals surface area contributed by atoms with E-state index in [4.69, 9.17) is 5.73 Å². The molecule has 0 aromatic heterocycles. The van der Waals surface area contributed by atoms with Gasteiger partial charge in [-0.1, -0.05) is 6.42 Å². The van der Waals surface area contributed by atoms with Gasteiger partial charge in [0.15, 0.2) is 0 Å². The molecule has 3 rings (SSSR count). The molecule has 4 heteroatoms. The lowest BCUT2D eigenvalue weighted by Gasteiger charge is -2.35. The molecular formula is C14H25ClN2O. The van der Waals surface area contributed by atoms with Crippen molar-refractivity contribution >= 4 is 18.3 Å². The van der Waals surface area contributed by atoms with Gasteiger partial charge in [-0.2, -0.15) is 0 Å². The minimum absolute atomic E-state index is 0. The van der Waals surface area contributed by atoms with Crippen LogP contribution >= 0.6 is 12.4 Å². The van der Waals surface area contributed by atoms with Crippen LogP contribution in [0.25, 0.3) is 0 Å². The van der Waals surface area contributed by atoms with E-state index in [0.717, 1.165) is 32.0 Å². The second kappa shape index (κ2) is 5.79. The Kier molecular flexibility index (Phi) is 4.54. The zero-order valence-electron chi connectivity index (χ0n) is 11.0. The van der Waals surface area contributed by atoms with Crippen molar-refractivity contribution in [1.82, 2.24) is 4.90 Å². The molecule has 2 bridgehead atoms. The van der Waals surface area contributed by atoms with Gasteiger partial charge in [0.05, 0.1) is 0 Å². The van der Waals surface area contributed by atoms with E-state index in [-0.39, 0.29) is 12.4 Å². The Hall–Kier alpha value is -0.280. The monoisotopic (exact) mass is 272 g/mol. The van der Waals surface area contributed by atoms with Gasteiger partial charge in [0, 0.05) is 19.0 Å². The lowest BCUT2D eigenvalue weighted by atomic mass is 9.86. The molecule has 4 atom stereocenters. The Morgan fingerprint density at radius 2 is 2.06 bits per heavy atom. The van der Waals surface area contributed by atoms with Crippen molar-refractivity contribution in [3.05, 3.63) is 0 Å². The molecule has 3 aliphatic rings. The first-order valence-corrected chi connectivity index (χ1v) is 7.26. The largest absolute Gasteiger partial charge is 0.342 e. The van der Waals surface area contributed by atoms with Gasteiger partial charge in [0.25, 0.3) is 0 Å². The van der Waals surface area contributed by atoms with Gasteiger partial charge in [-0.05, 0) is 56.4 Å². The van der Waals surface area contributed by atoms with E-state index in [1.807, 2.05) is 0 Å². The quantitative estimate of drug-likeness (QED) is 0.836. The van der Waals surface area contributed by atoms with Crippen molar-refractivity contribution in [2.45, 2.75) is 38.5 Å². The number of likely N-dealkylation sites (tertiary alicyclic amines) is 1. The van der Waals surface area contributed by atoms with Crippen molar-refractivity contribution < 1.29 is 4.79 Å². The summed E-state index contributed by atoms with van der Waals surface area (Å²) < 4.78 is 0. The van der Waals surface area contributed by atoms with Crippen molar-refractivity contribution in [2.75, 3.05) is 19.6 Å². The number of amides is 1. The van der Waals surface area contributed by atoms with Gasteiger partial charge in [0.1, 0.15) is 0 Å². The highest BCUT2D eigenvalue weighted by Crippen LogP contribution is 2.49. The van der Waals surface area contributed by atoms with E-state index in [9.17, 15) is 4.79 Å². The molecular weight excluding hydrogens is 248 g/mol. The number of nitrogens with zero attached hydrogens (tertiary/aromatic N) is 1. The Morgan fingerprint density at radius 3 is 2.67 bits per heavy atom. The maximum absolute atomic E-state index is 12.5. The Balaban J connectivity index is 0.00000120. The number of halogens is 1. The van der Waals surface area contributed by atoms with Gasteiger partial charge in [-0.3, -0.25) is 4.79 Å². The second-order valence-electron chi connectivity index (χ2n) is 6.31. The van der Waals surface area contributed by atoms with Gasteiger partial charge in [-0.25, -0.2) is 0 Å². The highest BCUT2D eigenvalue weighted by atomic mass is 35.5. The van der Waals surface area contributed by atoms with Crippen LogP contribution in [0.5, 0.6) is 0 Å². The number of carbonyl (C=O) groups excluding carboxylic acids is 1. The van der Waals surface area contributed by atoms with Crippen LogP contribution in [0.4, 0.5) is 0 Å². The minimum Gasteiger partial charge on any atom is -0.342 e. The lowest BCUT2D eigenvalue weighted by molar-refractivity contribution is -0.139. The van der Waals surface area contributed by atoms with Gasteiger partial charge >= 0.3 is 0 Å². The van der Waals surface area contributed by atoms with Gasteiger partial charge in [-0.15, -0.1) is 12.4 Å². The summed E-state index contributed by atoms with van der Waals surface area (Å²) in [7, 11) is 0. The first kappa shape index (κ1) is 14.1. The number of hydrogen-bond donors (Lipinski definition) is 1. The Bertz CT molecular complexity index is 310. The maximum Gasteiger partial charge on any atom is 0.225 e. The SMILES string of the molecule is Cl.NCC1CCCN(C(=O)C2CC3CCC2C3)C1. The van der Waals surface area contributed by atoms with Crippen molar-refractivity contribution in [1.29, 1.82) is 0 Å². The van der Waals surface area contributed by atoms with Crippen molar-refractivity contribution in [3.63, 3.8) is 0 Å². The van der Waals surface area contributed by atoms with Crippen molar-refractivity contribution in [3.8, 4) is 0 Å². The minimum atomic E-state index is 0. The van der Waals surface area contributed by atoms with Crippen LogP contribution in [-0.2, 0) is 4.79 Å². The molecule has 104 valence electrons. The van der Waals surface area contributed by atoms with E-state index >= 15 is 0 Å². The average molecular weight is 273 g/mol. The number of nitrogens with two attached hydrogens (primary N) is 1. The molecule has 1 aliphatic heterocycles. The maximum atomic E-state index is 12.5. The number of hydrogen-bond acceptors (Lipinski definition) is 2. The fraction of sp³-hybridized carbons (Fsp3) is 0.929. The zero-order valence-corrected chi connectivity index (χ0v) is 11.8. The Labute approximate surface area is 116 Å². The van der Waals surface area contributed by atoms with Crippen molar-refractivity contribution in [2.24, 2.45) is 29.4 Å². The van der Waals surface area contributed by atoms with Crippen LogP contribution in [0.3, 0.4) is 0 Å². The molecule has 2 aliphatic carbocycles. The summed E-state index contributed by atoms with van der Waals surface area (Å²) in [4.78, 5) is 14.7. The number of carbonyl (C=O) groups is 1. The summed E-state index contributed by atoms with van der Waals surface area (Å²) in [6, 6.07) is 0. The predicted molar refractivity (Wildman–Crippen MR) is 74.5 cm³/mol. The van der Waals surface area contributed by atoms with Crippen LogP contribution in [0.2, 0.25) is 0 Å². The van der Waals surface area contributed by atoms with E-state index in [2.05, 4.69) is 4.90 Å². The summed E-state index contributed by atoms with van der Waals surface area (Å²) in [5.41, 5.74) is 5.74. The van der Waals surface area contributed by atoms with Crippen LogP contribution in [0, 0.1) is 23.7 Å². The lowest BCUT2D eigenvalue weighted by Crippen LogP contribution is -2.45. The van der Waals surface area contributed by atoms with Crippen LogP contribution in [0.1, 0.15) is 38.5 Å². The normalized spacial score (nSPS) is 38.6. The first-order valence-electron chi connectivity index (χ1n) is 7.26. The molecule has 0 aromatic carbocycles. The average Bonchev–Trinajstić information content (AvgIpc) is 3.00. The van der Waals surface area contributed by atoms with E-state index in [0.29, 0.717) is 23.7 Å². The summed E-state index contributed by atoms with van der Waals surface area (Å²) in [6.45, 7) is 2.63. The third kappa shape index (κ3) is 2.53. The van der Waals surface area contributed by atoms with E-state index in [1.165, 1.54) is 32.1 Å². The zero-order chi connectivity index (χ0) is 11.8. The number of rotatable bonds is 2. The fourth-order valence-electron chi connectivity index (χ4n) is 4.24. The molecule has 2 N–H and O–H groups in total. The summed E-state index contributed by atoms with van der Waals surface area (Å²) in [5.74, 6) is 2.95. The van der Waals surface area contributed by atoms with Crippen LogP contribution < -0.4 is 5.73 Å². The summed E-state index contributed by atoms with van der Waals surface area (Å²) in [6.07, 6.45) is 7.53. The molecule has 1 heterocycles. The summed E-state index contributed by atoms with van der Waals surface area (Å²) in [5, 5.41) is 0. The molecule has 1 saturated heterocycles. The molecule has 3 nitrogen and oxygen atoms in total. The predicted octanol–water partition coefficient (Wildman–Crippen LogP) is 2.04. The number of fused-ring (bicyclic) bond motifs is 2. The van der Waals surface area contributed by atoms with Gasteiger partial charge in [0.2, 0.25) is 5.91 Å². The van der Waals surface area contributed by atoms with E-state index in [1.54, 1.807) is 0 Å². The second-order valence-corrected chi connectivity index (χ2v) is 6.31. The van der Waals surface area contributed by atoms with Crippen LogP contribution in [0.15, 0.2) is 0 Å². The molecule has 3 fully saturated rings. The third-order valence-electron chi connectivity index (χ3n) is 5.22. The Morgan fingerprint density at radius 1 is 1.22 bits per heavy atom. The molecule has 2 saturated carbocycles. The summed E-state index contributed by atoms with van der Waals surface area (Å²) >= 11 is 0. The fourth-order valence-corrected chi connectivity index (χ4v) is 4.24. The smallest absolute Gasteiger partial charge is 0.225 e. The molecule has 4 unspecified atom stereocenters. The first-order chi connectivity index (χ1) is 8.28. The molecule has 0 radical (unpaired) electrons. The molecule has 1 amide bonds. The standard InChI is InChI=1S/C14H24N2O.ClH/c15-8-11-2-1-5-16(9-11)14(17)13-7-10-3-4-12(13)6-10;/h10-13H,1-9,15H2;1H. The highest BCUT2D eigenvalue weighted by Gasteiger charge is 2.44. The van der Waals surface area contributed by atoms with E-state index < -0.39 is 0 Å².